The molecule has 1 fully saturated rings. The molecule has 1 atom stereocenters. The number of benzene rings is 1. The van der Waals surface area contributed by atoms with Gasteiger partial charge in [-0.3, -0.25) is 11.3 Å². The molecular weight excluding hydrogens is 282 g/mol. The molecule has 1 aliphatic rings. The molecule has 0 aliphatic heterocycles. The van der Waals surface area contributed by atoms with Crippen molar-refractivity contribution in [2.75, 3.05) is 14.1 Å². The molecule has 0 amide bonds. The van der Waals surface area contributed by atoms with Gasteiger partial charge in [-0.05, 0) is 51.1 Å². The summed E-state index contributed by atoms with van der Waals surface area (Å²) in [5.41, 5.74) is 5.44. The number of rotatable bonds is 4. The molecule has 4 heteroatoms. The molecule has 3 N–H and O–H groups in total. The van der Waals surface area contributed by atoms with Gasteiger partial charge in [0, 0.05) is 10.6 Å². The molecule has 118 valence electrons. The zero-order chi connectivity index (χ0) is 15.5. The van der Waals surface area contributed by atoms with Gasteiger partial charge >= 0.3 is 0 Å². The number of hydrogen-bond acceptors (Lipinski definition) is 3. The fourth-order valence-electron chi connectivity index (χ4n) is 3.69. The number of nitrogens with zero attached hydrogens (tertiary/aromatic N) is 1. The Hall–Kier alpha value is -0.610. The fourth-order valence-corrected chi connectivity index (χ4v) is 3.87. The zero-order valence-electron chi connectivity index (χ0n) is 13.5. The molecule has 1 aromatic carbocycles. The van der Waals surface area contributed by atoms with Crippen molar-refractivity contribution in [3.63, 3.8) is 0 Å². The standard InChI is InChI=1S/C17H28ClN3/c1-13-8-9-14(12-15(13)18)16(20-19)17(21(2)3)10-6-4-5-7-11-17/h8-9,12,16,20H,4-7,10-11,19H2,1-3H3. The van der Waals surface area contributed by atoms with E-state index in [1.807, 2.05) is 6.92 Å². The Bertz CT molecular complexity index is 465. The zero-order valence-corrected chi connectivity index (χ0v) is 14.2. The predicted octanol–water partition coefficient (Wildman–Crippen LogP) is 3.81. The lowest BCUT2D eigenvalue weighted by Crippen LogP contribution is -2.55. The van der Waals surface area contributed by atoms with Gasteiger partial charge in [0.1, 0.15) is 0 Å². The van der Waals surface area contributed by atoms with Crippen molar-refractivity contribution in [3.05, 3.63) is 34.3 Å². The highest BCUT2D eigenvalue weighted by molar-refractivity contribution is 6.31. The highest BCUT2D eigenvalue weighted by atomic mass is 35.5. The van der Waals surface area contributed by atoms with E-state index in [2.05, 4.69) is 42.6 Å². The summed E-state index contributed by atoms with van der Waals surface area (Å²) in [5.74, 6) is 5.98. The molecule has 1 saturated carbocycles. The van der Waals surface area contributed by atoms with Gasteiger partial charge in [-0.25, -0.2) is 0 Å². The summed E-state index contributed by atoms with van der Waals surface area (Å²) < 4.78 is 0. The van der Waals surface area contributed by atoms with Crippen LogP contribution in [0.5, 0.6) is 0 Å². The first-order valence-corrected chi connectivity index (χ1v) is 8.28. The van der Waals surface area contributed by atoms with Gasteiger partial charge in [-0.15, -0.1) is 0 Å². The maximum absolute atomic E-state index is 6.33. The highest BCUT2D eigenvalue weighted by Gasteiger charge is 2.41. The van der Waals surface area contributed by atoms with Crippen molar-refractivity contribution in [3.8, 4) is 0 Å². The molecule has 0 radical (unpaired) electrons. The minimum Gasteiger partial charge on any atom is -0.302 e. The minimum atomic E-state index is 0.0594. The summed E-state index contributed by atoms with van der Waals surface area (Å²) in [6, 6.07) is 6.41. The number of halogens is 1. The lowest BCUT2D eigenvalue weighted by atomic mass is 9.78. The predicted molar refractivity (Wildman–Crippen MR) is 90.4 cm³/mol. The van der Waals surface area contributed by atoms with Crippen molar-refractivity contribution in [1.82, 2.24) is 10.3 Å². The normalized spacial score (nSPS) is 20.3. The molecule has 0 heterocycles. The van der Waals surface area contributed by atoms with Gasteiger partial charge < -0.3 is 4.90 Å². The van der Waals surface area contributed by atoms with E-state index < -0.39 is 0 Å². The summed E-state index contributed by atoms with van der Waals surface area (Å²) in [6.07, 6.45) is 7.50. The van der Waals surface area contributed by atoms with E-state index in [-0.39, 0.29) is 11.6 Å². The lowest BCUT2D eigenvalue weighted by molar-refractivity contribution is 0.0800. The quantitative estimate of drug-likeness (QED) is 0.505. The van der Waals surface area contributed by atoms with Crippen LogP contribution in [0.1, 0.15) is 55.7 Å². The van der Waals surface area contributed by atoms with Gasteiger partial charge in [-0.2, -0.15) is 0 Å². The van der Waals surface area contributed by atoms with Gasteiger partial charge in [0.05, 0.1) is 6.04 Å². The van der Waals surface area contributed by atoms with E-state index in [0.29, 0.717) is 0 Å². The number of nitrogens with one attached hydrogen (secondary N) is 1. The topological polar surface area (TPSA) is 41.3 Å². The summed E-state index contributed by atoms with van der Waals surface area (Å²) >= 11 is 6.33. The van der Waals surface area contributed by atoms with Crippen LogP contribution in [-0.4, -0.2) is 24.5 Å². The van der Waals surface area contributed by atoms with E-state index in [0.717, 1.165) is 10.6 Å². The number of nitrogens with two attached hydrogens (primary N) is 1. The van der Waals surface area contributed by atoms with Gasteiger partial charge in [0.2, 0.25) is 0 Å². The van der Waals surface area contributed by atoms with Crippen LogP contribution in [0, 0.1) is 6.92 Å². The summed E-state index contributed by atoms with van der Waals surface area (Å²) in [7, 11) is 4.34. The Kier molecular flexibility index (Phi) is 5.67. The summed E-state index contributed by atoms with van der Waals surface area (Å²) in [5, 5.41) is 0.815. The van der Waals surface area contributed by atoms with Crippen molar-refractivity contribution >= 4 is 11.6 Å². The van der Waals surface area contributed by atoms with Crippen molar-refractivity contribution in [2.45, 2.75) is 57.0 Å². The summed E-state index contributed by atoms with van der Waals surface area (Å²) in [6.45, 7) is 2.03. The van der Waals surface area contributed by atoms with E-state index >= 15 is 0 Å². The summed E-state index contributed by atoms with van der Waals surface area (Å²) in [4.78, 5) is 2.36. The third kappa shape index (κ3) is 3.42. The Morgan fingerprint density at radius 1 is 1.19 bits per heavy atom. The van der Waals surface area contributed by atoms with Crippen LogP contribution in [-0.2, 0) is 0 Å². The minimum absolute atomic E-state index is 0.0594. The molecule has 1 aromatic rings. The molecule has 0 saturated heterocycles. The molecule has 0 spiro atoms. The van der Waals surface area contributed by atoms with Gasteiger partial charge in [0.25, 0.3) is 0 Å². The smallest absolute Gasteiger partial charge is 0.0644 e. The number of aryl methyl sites for hydroxylation is 1. The maximum Gasteiger partial charge on any atom is 0.0644 e. The SMILES string of the molecule is Cc1ccc(C(NN)C2(N(C)C)CCCCCC2)cc1Cl. The van der Waals surface area contributed by atoms with Crippen LogP contribution in [0.4, 0.5) is 0 Å². The van der Waals surface area contributed by atoms with Crippen molar-refractivity contribution in [2.24, 2.45) is 5.84 Å². The average molecular weight is 310 g/mol. The van der Waals surface area contributed by atoms with Crippen LogP contribution in [0.2, 0.25) is 5.02 Å². The first-order valence-electron chi connectivity index (χ1n) is 7.91. The van der Waals surface area contributed by atoms with Crippen LogP contribution < -0.4 is 11.3 Å². The first kappa shape index (κ1) is 16.8. The Labute approximate surface area is 133 Å². The van der Waals surface area contributed by atoms with E-state index in [1.165, 1.54) is 44.1 Å². The number of hydrazine groups is 1. The van der Waals surface area contributed by atoms with Crippen LogP contribution in [0.25, 0.3) is 0 Å². The second-order valence-corrected chi connectivity index (χ2v) is 6.93. The molecule has 0 aromatic heterocycles. The molecule has 21 heavy (non-hydrogen) atoms. The largest absolute Gasteiger partial charge is 0.302 e. The molecule has 3 nitrogen and oxygen atoms in total. The van der Waals surface area contributed by atoms with Crippen molar-refractivity contribution < 1.29 is 0 Å². The second-order valence-electron chi connectivity index (χ2n) is 6.52. The van der Waals surface area contributed by atoms with E-state index in [1.54, 1.807) is 0 Å². The Morgan fingerprint density at radius 3 is 2.29 bits per heavy atom. The monoisotopic (exact) mass is 309 g/mol. The van der Waals surface area contributed by atoms with Crippen LogP contribution in [0.15, 0.2) is 18.2 Å². The Morgan fingerprint density at radius 2 is 1.81 bits per heavy atom. The second kappa shape index (κ2) is 7.10. The number of hydrogen-bond donors (Lipinski definition) is 2. The number of likely N-dealkylation sites (N-methyl/N-ethyl adjacent to an activating group) is 1. The lowest BCUT2D eigenvalue weighted by Gasteiger charge is -2.46. The van der Waals surface area contributed by atoms with Gasteiger partial charge in [0.15, 0.2) is 0 Å². The fraction of sp³-hybridized carbons (Fsp3) is 0.647. The Balaban J connectivity index is 2.41. The van der Waals surface area contributed by atoms with Crippen molar-refractivity contribution in [1.29, 1.82) is 0 Å². The third-order valence-electron chi connectivity index (χ3n) is 5.09. The maximum atomic E-state index is 6.33. The van der Waals surface area contributed by atoms with Gasteiger partial charge in [-0.1, -0.05) is 49.4 Å². The average Bonchev–Trinajstić information content (AvgIpc) is 2.70. The highest BCUT2D eigenvalue weighted by Crippen LogP contribution is 2.41. The van der Waals surface area contributed by atoms with E-state index in [9.17, 15) is 0 Å². The molecule has 1 aliphatic carbocycles. The van der Waals surface area contributed by atoms with Crippen LogP contribution in [0.3, 0.4) is 0 Å². The van der Waals surface area contributed by atoms with E-state index in [4.69, 9.17) is 17.4 Å². The molecule has 2 rings (SSSR count). The molecular formula is C17H28ClN3. The molecule has 0 bridgehead atoms. The third-order valence-corrected chi connectivity index (χ3v) is 5.50. The molecule has 1 unspecified atom stereocenters. The van der Waals surface area contributed by atoms with Crippen LogP contribution >= 0.6 is 11.6 Å². The first-order chi connectivity index (χ1) is 10.0.